The number of hydrogen-bond acceptors (Lipinski definition) is 3. The number of nitrogens with zero attached hydrogens (tertiary/aromatic N) is 3. The molecular weight excluding hydrogens is 398 g/mol. The van der Waals surface area contributed by atoms with Gasteiger partial charge in [-0.2, -0.15) is 0 Å². The van der Waals surface area contributed by atoms with Crippen LogP contribution in [0.3, 0.4) is 0 Å². The smallest absolute Gasteiger partial charge is 0.223 e. The lowest BCUT2D eigenvalue weighted by Crippen LogP contribution is -2.26. The second kappa shape index (κ2) is 10.2. The summed E-state index contributed by atoms with van der Waals surface area (Å²) < 4.78 is 8.39. The lowest BCUT2D eigenvalue weighted by molar-refractivity contribution is -0.127. The number of imidazole rings is 1. The van der Waals surface area contributed by atoms with E-state index in [1.165, 1.54) is 11.1 Å². The molecule has 32 heavy (non-hydrogen) atoms. The van der Waals surface area contributed by atoms with Crippen LogP contribution in [0.15, 0.2) is 42.5 Å². The molecule has 0 spiro atoms. The zero-order valence-electron chi connectivity index (χ0n) is 19.6. The van der Waals surface area contributed by atoms with Gasteiger partial charge in [-0.05, 0) is 62.4 Å². The van der Waals surface area contributed by atoms with E-state index in [1.807, 2.05) is 23.1 Å². The summed E-state index contributed by atoms with van der Waals surface area (Å²) in [5, 5.41) is 0. The first-order valence-electron chi connectivity index (χ1n) is 12.0. The fraction of sp³-hybridized carbons (Fsp3) is 0.481. The maximum atomic E-state index is 12.5. The minimum atomic E-state index is 0.179. The van der Waals surface area contributed by atoms with Gasteiger partial charge in [0.1, 0.15) is 11.6 Å². The number of para-hydroxylation sites is 2. The zero-order chi connectivity index (χ0) is 22.5. The third-order valence-electron chi connectivity index (χ3n) is 6.63. The number of benzene rings is 2. The van der Waals surface area contributed by atoms with Crippen LogP contribution >= 0.6 is 0 Å². The van der Waals surface area contributed by atoms with Crippen molar-refractivity contribution in [3.8, 4) is 5.75 Å². The summed E-state index contributed by atoms with van der Waals surface area (Å²) in [6, 6.07) is 14.5. The highest BCUT2D eigenvalue weighted by Crippen LogP contribution is 2.31. The molecule has 2 heterocycles. The molecule has 4 rings (SSSR count). The van der Waals surface area contributed by atoms with Crippen LogP contribution in [0.2, 0.25) is 0 Å². The fourth-order valence-corrected chi connectivity index (χ4v) is 4.59. The molecule has 1 aliphatic heterocycles. The van der Waals surface area contributed by atoms with Gasteiger partial charge in [0.15, 0.2) is 0 Å². The predicted octanol–water partition coefficient (Wildman–Crippen LogP) is 5.63. The van der Waals surface area contributed by atoms with Gasteiger partial charge in [0.2, 0.25) is 5.91 Å². The minimum absolute atomic E-state index is 0.179. The van der Waals surface area contributed by atoms with Crippen molar-refractivity contribution in [2.24, 2.45) is 0 Å². The highest BCUT2D eigenvalue weighted by Gasteiger charge is 2.33. The molecule has 1 aliphatic rings. The third kappa shape index (κ3) is 4.82. The van der Waals surface area contributed by atoms with Crippen LogP contribution in [-0.4, -0.2) is 40.1 Å². The van der Waals surface area contributed by atoms with E-state index in [0.29, 0.717) is 13.0 Å². The van der Waals surface area contributed by atoms with Crippen molar-refractivity contribution in [1.82, 2.24) is 14.5 Å². The molecule has 0 saturated carbocycles. The first kappa shape index (κ1) is 22.4. The zero-order valence-corrected chi connectivity index (χ0v) is 19.6. The number of carbonyl (C=O) groups is 1. The van der Waals surface area contributed by atoms with Gasteiger partial charge in [0.05, 0.1) is 17.6 Å². The number of ether oxygens (including phenoxy) is 1. The number of amides is 1. The fourth-order valence-electron chi connectivity index (χ4n) is 4.59. The van der Waals surface area contributed by atoms with E-state index in [9.17, 15) is 4.79 Å². The van der Waals surface area contributed by atoms with Gasteiger partial charge in [-0.25, -0.2) is 4.98 Å². The normalized spacial score (nSPS) is 16.3. The van der Waals surface area contributed by atoms with E-state index in [1.54, 1.807) is 0 Å². The predicted molar refractivity (Wildman–Crippen MR) is 129 cm³/mol. The highest BCUT2D eigenvalue weighted by atomic mass is 16.5. The Kier molecular flexibility index (Phi) is 7.13. The van der Waals surface area contributed by atoms with Crippen molar-refractivity contribution in [3.63, 3.8) is 0 Å². The number of unbranched alkanes of at least 4 members (excludes halogenated alkanes) is 2. The summed E-state index contributed by atoms with van der Waals surface area (Å²) in [7, 11) is 0. The van der Waals surface area contributed by atoms with Gasteiger partial charge in [0, 0.05) is 32.0 Å². The van der Waals surface area contributed by atoms with Gasteiger partial charge < -0.3 is 14.2 Å². The standard InChI is InChI=1S/C27H35N3O2/c1-4-5-15-29-19-22(18-26(29)31)27-28-23-12-6-7-13-24(23)30(27)16-8-9-17-32-25-14-10-11-20(2)21(25)3/h6-7,10-14,22H,4-5,8-9,15-19H2,1-3H3/t22-/m0/s1. The Bertz CT molecular complexity index is 1070. The average Bonchev–Trinajstić information content (AvgIpc) is 3.35. The van der Waals surface area contributed by atoms with Gasteiger partial charge in [-0.3, -0.25) is 4.79 Å². The van der Waals surface area contributed by atoms with Crippen LogP contribution in [0.1, 0.15) is 61.9 Å². The molecule has 0 N–H and O–H groups in total. The third-order valence-corrected chi connectivity index (χ3v) is 6.63. The highest BCUT2D eigenvalue weighted by molar-refractivity contribution is 5.80. The molecule has 1 amide bonds. The number of fused-ring (bicyclic) bond motifs is 1. The summed E-state index contributed by atoms with van der Waals surface area (Å²) in [5.74, 6) is 2.49. The molecule has 0 unspecified atom stereocenters. The van der Waals surface area contributed by atoms with Crippen LogP contribution in [0.4, 0.5) is 0 Å². The molecule has 1 atom stereocenters. The van der Waals surface area contributed by atoms with Gasteiger partial charge in [0.25, 0.3) is 0 Å². The van der Waals surface area contributed by atoms with Crippen LogP contribution in [-0.2, 0) is 11.3 Å². The van der Waals surface area contributed by atoms with Crippen LogP contribution in [0.25, 0.3) is 11.0 Å². The Hall–Kier alpha value is -2.82. The maximum absolute atomic E-state index is 12.5. The molecule has 1 aromatic heterocycles. The van der Waals surface area contributed by atoms with E-state index in [4.69, 9.17) is 9.72 Å². The van der Waals surface area contributed by atoms with Crippen molar-refractivity contribution in [3.05, 3.63) is 59.4 Å². The Morgan fingerprint density at radius 2 is 1.88 bits per heavy atom. The Labute approximate surface area is 191 Å². The summed E-state index contributed by atoms with van der Waals surface area (Å²) in [4.78, 5) is 19.5. The molecule has 3 aromatic rings. The van der Waals surface area contributed by atoms with Crippen LogP contribution < -0.4 is 4.74 Å². The van der Waals surface area contributed by atoms with E-state index in [0.717, 1.165) is 67.9 Å². The van der Waals surface area contributed by atoms with Gasteiger partial charge in [-0.15, -0.1) is 0 Å². The Balaban J connectivity index is 1.42. The van der Waals surface area contributed by atoms with Crippen molar-refractivity contribution in [1.29, 1.82) is 0 Å². The first-order valence-corrected chi connectivity index (χ1v) is 12.0. The van der Waals surface area contributed by atoms with Crippen molar-refractivity contribution in [2.75, 3.05) is 19.7 Å². The molecule has 0 radical (unpaired) electrons. The minimum Gasteiger partial charge on any atom is -0.493 e. The molecule has 5 heteroatoms. The van der Waals surface area contributed by atoms with Gasteiger partial charge in [-0.1, -0.05) is 37.6 Å². The van der Waals surface area contributed by atoms with E-state index in [-0.39, 0.29) is 11.8 Å². The second-order valence-electron chi connectivity index (χ2n) is 8.96. The molecule has 1 saturated heterocycles. The summed E-state index contributed by atoms with van der Waals surface area (Å²) in [5.41, 5.74) is 4.66. The van der Waals surface area contributed by atoms with Crippen molar-refractivity contribution >= 4 is 16.9 Å². The number of rotatable bonds is 10. The lowest BCUT2D eigenvalue weighted by Gasteiger charge is -2.17. The van der Waals surface area contributed by atoms with E-state index in [2.05, 4.69) is 49.6 Å². The molecule has 5 nitrogen and oxygen atoms in total. The van der Waals surface area contributed by atoms with E-state index >= 15 is 0 Å². The number of carbonyl (C=O) groups excluding carboxylic acids is 1. The molecule has 2 aromatic carbocycles. The molecule has 170 valence electrons. The van der Waals surface area contributed by atoms with Crippen molar-refractivity contribution < 1.29 is 9.53 Å². The molecule has 0 aliphatic carbocycles. The van der Waals surface area contributed by atoms with Crippen molar-refractivity contribution in [2.45, 2.75) is 65.3 Å². The number of aryl methyl sites for hydroxylation is 2. The van der Waals surface area contributed by atoms with Crippen LogP contribution in [0, 0.1) is 13.8 Å². The SMILES string of the molecule is CCCCN1C[C@@H](c2nc3ccccc3n2CCCCOc2cccc(C)c2C)CC1=O. The summed E-state index contributed by atoms with van der Waals surface area (Å²) >= 11 is 0. The second-order valence-corrected chi connectivity index (χ2v) is 8.96. The van der Waals surface area contributed by atoms with Gasteiger partial charge >= 0.3 is 0 Å². The number of aromatic nitrogens is 2. The Morgan fingerprint density at radius 3 is 2.72 bits per heavy atom. The summed E-state index contributed by atoms with van der Waals surface area (Å²) in [6.45, 7) is 9.65. The summed E-state index contributed by atoms with van der Waals surface area (Å²) in [6.07, 6.45) is 4.74. The first-order chi connectivity index (χ1) is 15.6. The number of likely N-dealkylation sites (tertiary alicyclic amines) is 1. The monoisotopic (exact) mass is 433 g/mol. The Morgan fingerprint density at radius 1 is 1.03 bits per heavy atom. The molecular formula is C27H35N3O2. The maximum Gasteiger partial charge on any atom is 0.223 e. The quantitative estimate of drug-likeness (QED) is 0.389. The van der Waals surface area contributed by atoms with Crippen LogP contribution in [0.5, 0.6) is 5.75 Å². The largest absolute Gasteiger partial charge is 0.493 e. The average molecular weight is 434 g/mol. The lowest BCUT2D eigenvalue weighted by atomic mass is 10.1. The topological polar surface area (TPSA) is 47.4 Å². The number of hydrogen-bond donors (Lipinski definition) is 0. The molecule has 0 bridgehead atoms. The molecule has 1 fully saturated rings. The van der Waals surface area contributed by atoms with E-state index < -0.39 is 0 Å².